The average molecular weight is 1340 g/mol. The average Bonchev–Trinajstić information content (AvgIpc) is 3.16. The number of carbonyl (C=O) groups excluding carboxylic acids is 2. The van der Waals surface area contributed by atoms with Gasteiger partial charge in [0, 0.05) is 19.4 Å². The number of ether oxygens (including phenoxy) is 2. The summed E-state index contributed by atoms with van der Waals surface area (Å²) in [6.07, 6.45) is 115. The molecule has 3 N–H and O–H groups in total. The Balaban J connectivity index is 3.85. The van der Waals surface area contributed by atoms with Gasteiger partial charge in [-0.2, -0.15) is 0 Å². The SMILES string of the molecule is CC/C=C\C/C=C\C/C=C\C/C=C\C/C=C\C/C=C\C/C=C\CCCCCCCCCCCCCCCCCCCC(=O)OC(COC(=O)CCCCCCCCCCCCCCCCCC/C=C\C/C=C\C/C=C\C/C=C\C/C=C\C/C=C\CC)COP(=O)(O)OCCN. The molecule has 0 radical (unpaired) electrons. The van der Waals surface area contributed by atoms with E-state index in [4.69, 9.17) is 24.3 Å². The predicted molar refractivity (Wildman–Crippen MR) is 413 cm³/mol. The number of carbonyl (C=O) groups is 2. The summed E-state index contributed by atoms with van der Waals surface area (Å²) in [7, 11) is -4.40. The van der Waals surface area contributed by atoms with Gasteiger partial charge in [0.05, 0.1) is 13.2 Å². The summed E-state index contributed by atoms with van der Waals surface area (Å²) in [5.41, 5.74) is 5.41. The van der Waals surface area contributed by atoms with Crippen molar-refractivity contribution < 1.29 is 37.6 Å². The maximum absolute atomic E-state index is 12.8. The Morgan fingerprint density at radius 1 is 0.316 bits per heavy atom. The fourth-order valence-electron chi connectivity index (χ4n) is 10.7. The molecule has 0 saturated carbocycles. The fourth-order valence-corrected chi connectivity index (χ4v) is 11.5. The maximum atomic E-state index is 12.8. The molecule has 2 unspecified atom stereocenters. The molecule has 10 heteroatoms. The molecule has 0 saturated heterocycles. The molecule has 0 amide bonds. The molecule has 0 aromatic carbocycles. The van der Waals surface area contributed by atoms with Crippen LogP contribution in [0.1, 0.15) is 335 Å². The summed E-state index contributed by atoms with van der Waals surface area (Å²) in [6.45, 7) is 3.54. The molecule has 95 heavy (non-hydrogen) atoms. The van der Waals surface area contributed by atoms with Crippen LogP contribution in [-0.2, 0) is 32.7 Å². The molecule has 0 aromatic rings. The van der Waals surface area contributed by atoms with Gasteiger partial charge >= 0.3 is 19.8 Å². The Bertz CT molecular complexity index is 2120. The van der Waals surface area contributed by atoms with E-state index in [2.05, 4.69) is 172 Å². The number of esters is 2. The first-order valence-electron chi connectivity index (χ1n) is 39.0. The standard InChI is InChI=1S/C85H144NO8P/c1-3-5-7-9-11-13-15-17-19-21-23-25-27-29-31-33-35-37-39-40-41-42-44-46-48-50-52-54-56-58-60-62-64-66-68-70-72-74-76-78-85(88)94-83(82-93-95(89,90)92-80-79-86)81-91-84(87)77-75-73-71-69-67-65-63-61-59-57-55-53-51-49-47-45-43-38-36-34-32-30-28-26-24-22-20-18-16-14-12-10-8-6-4-2/h5-8,11-14,17-20,23-26,29-32,35-38,40-41,83H,3-4,9-10,15-16,21-22,27-28,33-34,39,42-82,86H2,1-2H3,(H,89,90)/b7-5-,8-6-,13-11-,14-12-,19-17-,20-18-,25-23-,26-24-,31-29-,32-30-,37-35-,38-36-,41-40-. The zero-order valence-corrected chi connectivity index (χ0v) is 62.0. The van der Waals surface area contributed by atoms with E-state index >= 15 is 0 Å². The Morgan fingerprint density at radius 3 is 0.811 bits per heavy atom. The number of phosphoric ester groups is 1. The van der Waals surface area contributed by atoms with Gasteiger partial charge in [-0.05, 0) is 122 Å². The van der Waals surface area contributed by atoms with E-state index in [-0.39, 0.29) is 38.6 Å². The van der Waals surface area contributed by atoms with E-state index in [1.807, 2.05) is 0 Å². The minimum absolute atomic E-state index is 0.0493. The van der Waals surface area contributed by atoms with Crippen molar-refractivity contribution in [2.45, 2.75) is 341 Å². The highest BCUT2D eigenvalue weighted by molar-refractivity contribution is 7.47. The summed E-state index contributed by atoms with van der Waals surface area (Å²) in [4.78, 5) is 35.5. The topological polar surface area (TPSA) is 134 Å². The smallest absolute Gasteiger partial charge is 0.462 e. The lowest BCUT2D eigenvalue weighted by Gasteiger charge is -2.19. The molecule has 0 aromatic heterocycles. The van der Waals surface area contributed by atoms with E-state index < -0.39 is 26.5 Å². The van der Waals surface area contributed by atoms with Crippen LogP contribution in [0.25, 0.3) is 0 Å². The maximum Gasteiger partial charge on any atom is 0.472 e. The van der Waals surface area contributed by atoms with Crippen LogP contribution >= 0.6 is 7.82 Å². The molecule has 0 aliphatic heterocycles. The number of rotatable bonds is 72. The van der Waals surface area contributed by atoms with Crippen molar-refractivity contribution in [2.75, 3.05) is 26.4 Å². The van der Waals surface area contributed by atoms with Gasteiger partial charge in [0.15, 0.2) is 6.10 Å². The summed E-state index contributed by atoms with van der Waals surface area (Å²) in [5, 5.41) is 0. The van der Waals surface area contributed by atoms with Crippen LogP contribution in [0.2, 0.25) is 0 Å². The third kappa shape index (κ3) is 78.5. The lowest BCUT2D eigenvalue weighted by Crippen LogP contribution is -2.29. The van der Waals surface area contributed by atoms with Gasteiger partial charge in [-0.25, -0.2) is 4.57 Å². The zero-order chi connectivity index (χ0) is 68.6. The van der Waals surface area contributed by atoms with E-state index in [9.17, 15) is 19.0 Å². The molecule has 0 fully saturated rings. The first kappa shape index (κ1) is 90.6. The first-order valence-corrected chi connectivity index (χ1v) is 40.5. The van der Waals surface area contributed by atoms with Crippen molar-refractivity contribution in [3.63, 3.8) is 0 Å². The van der Waals surface area contributed by atoms with Gasteiger partial charge < -0.3 is 20.1 Å². The van der Waals surface area contributed by atoms with E-state index in [1.165, 1.54) is 180 Å². The van der Waals surface area contributed by atoms with Crippen LogP contribution in [-0.4, -0.2) is 49.3 Å². The van der Waals surface area contributed by atoms with Crippen LogP contribution in [0.15, 0.2) is 158 Å². The van der Waals surface area contributed by atoms with Gasteiger partial charge in [-0.15, -0.1) is 0 Å². The Hall–Kier alpha value is -4.37. The second-order valence-corrected chi connectivity index (χ2v) is 26.9. The second kappa shape index (κ2) is 78.6. The number of hydrogen-bond donors (Lipinski definition) is 2. The lowest BCUT2D eigenvalue weighted by molar-refractivity contribution is -0.161. The van der Waals surface area contributed by atoms with Gasteiger partial charge in [-0.1, -0.05) is 358 Å². The van der Waals surface area contributed by atoms with E-state index in [0.717, 1.165) is 122 Å². The Kier molecular flexibility index (Phi) is 75.0. The number of allylic oxidation sites excluding steroid dienone is 26. The molecular weight excluding hydrogens is 1190 g/mol. The number of unbranched alkanes of at least 4 members (excludes halogenated alkanes) is 33. The van der Waals surface area contributed by atoms with Crippen molar-refractivity contribution >= 4 is 19.8 Å². The van der Waals surface area contributed by atoms with E-state index in [0.29, 0.717) is 6.42 Å². The minimum atomic E-state index is -4.40. The molecule has 0 spiro atoms. The van der Waals surface area contributed by atoms with Gasteiger partial charge in [0.1, 0.15) is 6.61 Å². The Labute approximate surface area is 585 Å². The lowest BCUT2D eigenvalue weighted by atomic mass is 10.0. The highest BCUT2D eigenvalue weighted by Gasteiger charge is 2.26. The quantitative estimate of drug-likeness (QED) is 0.0264. The van der Waals surface area contributed by atoms with Crippen LogP contribution in [0.4, 0.5) is 0 Å². The minimum Gasteiger partial charge on any atom is -0.462 e. The van der Waals surface area contributed by atoms with E-state index in [1.54, 1.807) is 0 Å². The summed E-state index contributed by atoms with van der Waals surface area (Å²) < 4.78 is 33.3. The number of hydrogen-bond acceptors (Lipinski definition) is 8. The normalized spacial score (nSPS) is 13.8. The molecule has 9 nitrogen and oxygen atoms in total. The molecule has 0 aliphatic carbocycles. The van der Waals surface area contributed by atoms with Crippen LogP contribution in [0, 0.1) is 0 Å². The predicted octanol–water partition coefficient (Wildman–Crippen LogP) is 26.3. The van der Waals surface area contributed by atoms with Crippen molar-refractivity contribution in [1.82, 2.24) is 0 Å². The van der Waals surface area contributed by atoms with Gasteiger partial charge in [0.2, 0.25) is 0 Å². The second-order valence-electron chi connectivity index (χ2n) is 25.5. The molecule has 0 rings (SSSR count). The largest absolute Gasteiger partial charge is 0.472 e. The number of nitrogens with two attached hydrogens (primary N) is 1. The molecule has 0 aliphatic rings. The number of phosphoric acid groups is 1. The fraction of sp³-hybridized carbons (Fsp3) is 0.671. The van der Waals surface area contributed by atoms with Gasteiger partial charge in [0.25, 0.3) is 0 Å². The van der Waals surface area contributed by atoms with Crippen molar-refractivity contribution in [1.29, 1.82) is 0 Å². The summed E-state index contributed by atoms with van der Waals surface area (Å²) >= 11 is 0. The third-order valence-electron chi connectivity index (χ3n) is 16.4. The zero-order valence-electron chi connectivity index (χ0n) is 61.1. The molecular formula is C85H144NO8P. The first-order chi connectivity index (χ1) is 46.8. The van der Waals surface area contributed by atoms with Crippen LogP contribution in [0.5, 0.6) is 0 Å². The molecule has 2 atom stereocenters. The van der Waals surface area contributed by atoms with Crippen molar-refractivity contribution in [3.05, 3.63) is 158 Å². The molecule has 0 heterocycles. The molecule has 542 valence electrons. The summed E-state index contributed by atoms with van der Waals surface area (Å²) in [6, 6.07) is 0. The van der Waals surface area contributed by atoms with Crippen molar-refractivity contribution in [3.8, 4) is 0 Å². The highest BCUT2D eigenvalue weighted by Crippen LogP contribution is 2.43. The Morgan fingerprint density at radius 2 is 0.547 bits per heavy atom. The molecule has 0 bridgehead atoms. The van der Waals surface area contributed by atoms with Crippen LogP contribution < -0.4 is 5.73 Å². The highest BCUT2D eigenvalue weighted by atomic mass is 31.2. The summed E-state index contributed by atoms with van der Waals surface area (Å²) in [5.74, 6) is -0.821. The van der Waals surface area contributed by atoms with Gasteiger partial charge in [-0.3, -0.25) is 18.6 Å². The van der Waals surface area contributed by atoms with Crippen molar-refractivity contribution in [2.24, 2.45) is 5.73 Å². The monoisotopic (exact) mass is 1340 g/mol. The van der Waals surface area contributed by atoms with Crippen LogP contribution in [0.3, 0.4) is 0 Å². The third-order valence-corrected chi connectivity index (χ3v) is 17.4.